The van der Waals surface area contributed by atoms with E-state index in [4.69, 9.17) is 15.1 Å². The number of aromatic nitrogens is 5. The molecule has 0 aliphatic carbocycles. The fourth-order valence-corrected chi connectivity index (χ4v) is 5.92. The minimum Gasteiger partial charge on any atom is -0.356 e. The fourth-order valence-electron chi connectivity index (χ4n) is 5.92. The van der Waals surface area contributed by atoms with Crippen LogP contribution in [0.2, 0.25) is 0 Å². The van der Waals surface area contributed by atoms with Crippen LogP contribution in [0.5, 0.6) is 0 Å². The second-order valence-corrected chi connectivity index (χ2v) is 10.3. The third kappa shape index (κ3) is 3.64. The van der Waals surface area contributed by atoms with Crippen molar-refractivity contribution in [3.8, 4) is 0 Å². The van der Waals surface area contributed by atoms with Gasteiger partial charge in [-0.3, -0.25) is 0 Å². The number of hydrogen-bond donors (Lipinski definition) is 1. The van der Waals surface area contributed by atoms with Crippen LogP contribution >= 0.6 is 0 Å². The maximum atomic E-state index is 5.22. The van der Waals surface area contributed by atoms with Crippen molar-refractivity contribution < 1.29 is 0 Å². The van der Waals surface area contributed by atoms with Crippen LogP contribution in [0, 0.1) is 6.92 Å². The third-order valence-corrected chi connectivity index (χ3v) is 8.00. The van der Waals surface area contributed by atoms with Gasteiger partial charge in [0, 0.05) is 63.3 Å². The number of rotatable bonds is 4. The zero-order valence-corrected chi connectivity index (χ0v) is 20.9. The van der Waals surface area contributed by atoms with Crippen LogP contribution in [0.25, 0.3) is 16.6 Å². The van der Waals surface area contributed by atoms with E-state index >= 15 is 0 Å². The number of aryl methyl sites for hydroxylation is 1. The summed E-state index contributed by atoms with van der Waals surface area (Å²) in [5, 5.41) is 9.85. The minimum atomic E-state index is 0.168. The van der Waals surface area contributed by atoms with Gasteiger partial charge in [0.2, 0.25) is 0 Å². The molecule has 1 N–H and O–H groups in total. The van der Waals surface area contributed by atoms with Crippen LogP contribution in [-0.4, -0.2) is 70.4 Å². The Kier molecular flexibility index (Phi) is 5.38. The Morgan fingerprint density at radius 2 is 1.81 bits per heavy atom. The molecule has 186 valence electrons. The molecule has 1 atom stereocenters. The first-order valence-corrected chi connectivity index (χ1v) is 13.3. The molecule has 1 unspecified atom stereocenters. The monoisotopic (exact) mass is 483 g/mol. The Labute approximate surface area is 211 Å². The summed E-state index contributed by atoms with van der Waals surface area (Å²) in [5.41, 5.74) is 4.24. The van der Waals surface area contributed by atoms with Crippen molar-refractivity contribution in [1.29, 1.82) is 0 Å². The number of anilines is 3. The summed E-state index contributed by atoms with van der Waals surface area (Å²) < 4.78 is 2.08. The molecule has 0 bridgehead atoms. The molecule has 4 aromatic rings. The molecule has 3 aliphatic heterocycles. The van der Waals surface area contributed by atoms with Crippen molar-refractivity contribution in [2.45, 2.75) is 38.6 Å². The van der Waals surface area contributed by atoms with E-state index in [-0.39, 0.29) is 6.04 Å². The zero-order valence-electron chi connectivity index (χ0n) is 20.9. The van der Waals surface area contributed by atoms with Crippen molar-refractivity contribution in [2.24, 2.45) is 0 Å². The van der Waals surface area contributed by atoms with E-state index in [1.807, 2.05) is 0 Å². The number of nitrogens with zero attached hydrogens (tertiary/aromatic N) is 8. The topological polar surface area (TPSA) is 77.7 Å². The first-order chi connectivity index (χ1) is 17.8. The van der Waals surface area contributed by atoms with Crippen LogP contribution in [0.1, 0.15) is 43.0 Å². The van der Waals surface area contributed by atoms with Gasteiger partial charge in [0.1, 0.15) is 23.8 Å². The Bertz CT molecular complexity index is 1400. The summed E-state index contributed by atoms with van der Waals surface area (Å²) in [5.74, 6) is 3.25. The van der Waals surface area contributed by atoms with Crippen molar-refractivity contribution in [1.82, 2.24) is 29.9 Å². The predicted octanol–water partition coefficient (Wildman–Crippen LogP) is 3.33. The van der Waals surface area contributed by atoms with E-state index in [1.165, 1.54) is 18.4 Å². The van der Waals surface area contributed by atoms with E-state index in [0.717, 1.165) is 98.4 Å². The highest BCUT2D eigenvalue weighted by molar-refractivity contribution is 5.92. The highest BCUT2D eigenvalue weighted by atomic mass is 15.4. The van der Waals surface area contributed by atoms with Gasteiger partial charge < -0.3 is 20.0 Å². The summed E-state index contributed by atoms with van der Waals surface area (Å²) in [6, 6.07) is 10.9. The van der Waals surface area contributed by atoms with E-state index in [2.05, 4.69) is 66.8 Å². The average molecular weight is 484 g/mol. The van der Waals surface area contributed by atoms with Crippen LogP contribution in [-0.2, 0) is 0 Å². The quantitative estimate of drug-likeness (QED) is 0.474. The molecule has 1 aromatic carbocycles. The molecule has 3 fully saturated rings. The van der Waals surface area contributed by atoms with Crippen LogP contribution in [0.15, 0.2) is 36.7 Å². The van der Waals surface area contributed by atoms with Crippen LogP contribution in [0.4, 0.5) is 17.5 Å². The molecule has 36 heavy (non-hydrogen) atoms. The molecule has 3 aromatic heterocycles. The molecular weight excluding hydrogens is 450 g/mol. The molecular formula is C27H33N9. The van der Waals surface area contributed by atoms with Gasteiger partial charge in [0.05, 0.1) is 17.3 Å². The standard InChI is InChI=1S/C27H33N9/c1-19-6-4-7-20-26(19)27(30-18-29-20)35-13-3-2-8-22(35)21-16-24-31-23(33-11-5-12-33)17-25(36(24)32-21)34-14-9-28-10-15-34/h4,6-7,16-18,22,28H,2-3,5,8-15H2,1H3. The van der Waals surface area contributed by atoms with Gasteiger partial charge in [-0.15, -0.1) is 0 Å². The molecule has 0 amide bonds. The Balaban J connectivity index is 1.33. The molecule has 0 radical (unpaired) electrons. The number of piperazine rings is 1. The number of nitrogens with one attached hydrogen (secondary N) is 1. The van der Waals surface area contributed by atoms with Crippen molar-refractivity contribution in [2.75, 3.05) is 60.5 Å². The molecule has 9 heteroatoms. The smallest absolute Gasteiger partial charge is 0.160 e. The largest absolute Gasteiger partial charge is 0.356 e. The average Bonchev–Trinajstić information content (AvgIpc) is 3.32. The molecule has 6 heterocycles. The van der Waals surface area contributed by atoms with Gasteiger partial charge in [-0.1, -0.05) is 12.1 Å². The maximum absolute atomic E-state index is 5.22. The normalized spacial score (nSPS) is 20.8. The van der Waals surface area contributed by atoms with Gasteiger partial charge in [-0.05, 0) is 44.2 Å². The van der Waals surface area contributed by atoms with Crippen LogP contribution < -0.4 is 20.0 Å². The highest BCUT2D eigenvalue weighted by Gasteiger charge is 2.30. The molecule has 0 saturated carbocycles. The van der Waals surface area contributed by atoms with Gasteiger partial charge in [-0.2, -0.15) is 9.61 Å². The molecule has 3 aliphatic rings. The fraction of sp³-hybridized carbons (Fsp3) is 0.481. The van der Waals surface area contributed by atoms with Gasteiger partial charge >= 0.3 is 0 Å². The second-order valence-electron chi connectivity index (χ2n) is 10.3. The van der Waals surface area contributed by atoms with E-state index < -0.39 is 0 Å². The summed E-state index contributed by atoms with van der Waals surface area (Å²) in [7, 11) is 0. The highest BCUT2D eigenvalue weighted by Crippen LogP contribution is 2.38. The van der Waals surface area contributed by atoms with Crippen molar-refractivity contribution >= 4 is 34.0 Å². The summed E-state index contributed by atoms with van der Waals surface area (Å²) in [6.07, 6.45) is 6.35. The molecule has 7 rings (SSSR count). The lowest BCUT2D eigenvalue weighted by atomic mass is 9.98. The molecule has 9 nitrogen and oxygen atoms in total. The lowest BCUT2D eigenvalue weighted by Gasteiger charge is -2.36. The van der Waals surface area contributed by atoms with Crippen molar-refractivity contribution in [3.63, 3.8) is 0 Å². The minimum absolute atomic E-state index is 0.168. The number of benzene rings is 1. The third-order valence-electron chi connectivity index (χ3n) is 8.00. The van der Waals surface area contributed by atoms with Gasteiger partial charge in [0.25, 0.3) is 0 Å². The first kappa shape index (κ1) is 21.8. The SMILES string of the molecule is Cc1cccc2ncnc(N3CCCCC3c3cc4nc(N5CCC5)cc(N5CCNCC5)n4n3)c12. The van der Waals surface area contributed by atoms with E-state index in [0.29, 0.717) is 0 Å². The Hall–Kier alpha value is -3.46. The predicted molar refractivity (Wildman–Crippen MR) is 143 cm³/mol. The van der Waals surface area contributed by atoms with Crippen molar-refractivity contribution in [3.05, 3.63) is 47.9 Å². The molecule has 3 saturated heterocycles. The lowest BCUT2D eigenvalue weighted by molar-refractivity contribution is 0.461. The summed E-state index contributed by atoms with van der Waals surface area (Å²) in [4.78, 5) is 21.7. The zero-order chi connectivity index (χ0) is 24.1. The van der Waals surface area contributed by atoms with E-state index in [9.17, 15) is 0 Å². The number of hydrogen-bond acceptors (Lipinski definition) is 8. The van der Waals surface area contributed by atoms with Crippen LogP contribution in [0.3, 0.4) is 0 Å². The van der Waals surface area contributed by atoms with E-state index in [1.54, 1.807) is 6.33 Å². The number of fused-ring (bicyclic) bond motifs is 2. The summed E-state index contributed by atoms with van der Waals surface area (Å²) >= 11 is 0. The molecule has 0 spiro atoms. The number of piperidine rings is 1. The summed E-state index contributed by atoms with van der Waals surface area (Å²) in [6.45, 7) is 9.24. The van der Waals surface area contributed by atoms with Gasteiger partial charge in [0.15, 0.2) is 5.65 Å². The lowest BCUT2D eigenvalue weighted by Crippen LogP contribution is -2.44. The first-order valence-electron chi connectivity index (χ1n) is 13.3. The second kappa shape index (κ2) is 8.89. The maximum Gasteiger partial charge on any atom is 0.160 e. The van der Waals surface area contributed by atoms with Gasteiger partial charge in [-0.25, -0.2) is 15.0 Å². The Morgan fingerprint density at radius 1 is 0.917 bits per heavy atom. The Morgan fingerprint density at radius 3 is 2.64 bits per heavy atom.